The van der Waals surface area contributed by atoms with Crippen molar-refractivity contribution >= 4 is 29.9 Å². The Morgan fingerprint density at radius 3 is 2.39 bits per heavy atom. The van der Waals surface area contributed by atoms with Crippen molar-refractivity contribution in [2.24, 2.45) is 4.99 Å². The van der Waals surface area contributed by atoms with E-state index in [0.717, 1.165) is 37.0 Å². The first-order chi connectivity index (χ1) is 14.4. The molecular formula is C22H36IN5O3. The van der Waals surface area contributed by atoms with Gasteiger partial charge in [-0.05, 0) is 44.9 Å². The first-order valence-electron chi connectivity index (χ1n) is 10.6. The minimum absolute atomic E-state index is 0. The van der Waals surface area contributed by atoms with E-state index in [1.165, 1.54) is 5.56 Å². The zero-order chi connectivity index (χ0) is 22.0. The van der Waals surface area contributed by atoms with Gasteiger partial charge < -0.3 is 24.6 Å². The van der Waals surface area contributed by atoms with E-state index in [9.17, 15) is 0 Å². The molecule has 0 atom stereocenters. The number of nitrogens with zero attached hydrogens (tertiary/aromatic N) is 3. The quantitative estimate of drug-likeness (QED) is 0.264. The standard InChI is InChI=1S/C22H35N5O3.HI/c1-7-23-21(25-15-19-26-20(30-27-19)22(4,5)6)24-13-12-16-10-11-17(28-8-2)18(14-16)29-9-3;/h10-11,14H,7-9,12-13,15H2,1-6H3,(H2,23,24,25);1H. The van der Waals surface area contributed by atoms with Crippen molar-refractivity contribution in [1.82, 2.24) is 20.8 Å². The van der Waals surface area contributed by atoms with Gasteiger partial charge in [-0.25, -0.2) is 4.99 Å². The van der Waals surface area contributed by atoms with Crippen molar-refractivity contribution in [3.8, 4) is 11.5 Å². The minimum Gasteiger partial charge on any atom is -0.490 e. The van der Waals surface area contributed by atoms with Crippen LogP contribution in [0.1, 0.15) is 58.8 Å². The highest BCUT2D eigenvalue weighted by molar-refractivity contribution is 14.0. The summed E-state index contributed by atoms with van der Waals surface area (Å²) < 4.78 is 16.7. The van der Waals surface area contributed by atoms with E-state index in [1.54, 1.807) is 0 Å². The van der Waals surface area contributed by atoms with Crippen LogP contribution >= 0.6 is 24.0 Å². The van der Waals surface area contributed by atoms with Gasteiger partial charge in [0, 0.05) is 18.5 Å². The number of rotatable bonds is 10. The van der Waals surface area contributed by atoms with Gasteiger partial charge in [0.25, 0.3) is 0 Å². The van der Waals surface area contributed by atoms with Crippen molar-refractivity contribution in [1.29, 1.82) is 0 Å². The topological polar surface area (TPSA) is 93.8 Å². The number of aromatic nitrogens is 2. The molecule has 0 unspecified atom stereocenters. The Bertz CT molecular complexity index is 818. The van der Waals surface area contributed by atoms with E-state index in [-0.39, 0.29) is 29.4 Å². The molecule has 0 saturated heterocycles. The molecule has 0 fully saturated rings. The number of guanidine groups is 1. The van der Waals surface area contributed by atoms with E-state index in [2.05, 4.69) is 31.8 Å². The summed E-state index contributed by atoms with van der Waals surface area (Å²) in [6, 6.07) is 6.06. The van der Waals surface area contributed by atoms with Crippen LogP contribution in [0, 0.1) is 0 Å². The van der Waals surface area contributed by atoms with Crippen molar-refractivity contribution < 1.29 is 14.0 Å². The third-order valence-corrected chi connectivity index (χ3v) is 4.15. The summed E-state index contributed by atoms with van der Waals surface area (Å²) >= 11 is 0. The molecule has 1 heterocycles. The third-order valence-electron chi connectivity index (χ3n) is 4.15. The molecule has 0 saturated carbocycles. The molecule has 0 aliphatic heterocycles. The van der Waals surface area contributed by atoms with Crippen LogP contribution in [0.25, 0.3) is 0 Å². The third kappa shape index (κ3) is 8.92. The SMILES string of the molecule is CCNC(=NCc1noc(C(C)(C)C)n1)NCCc1ccc(OCC)c(OCC)c1.I. The molecule has 1 aromatic heterocycles. The Morgan fingerprint density at radius 2 is 1.77 bits per heavy atom. The fourth-order valence-electron chi connectivity index (χ4n) is 2.69. The lowest BCUT2D eigenvalue weighted by molar-refractivity contribution is 0.287. The molecule has 0 spiro atoms. The summed E-state index contributed by atoms with van der Waals surface area (Å²) in [5.74, 6) is 3.47. The second kappa shape index (κ2) is 13.4. The highest BCUT2D eigenvalue weighted by Gasteiger charge is 2.21. The zero-order valence-corrected chi connectivity index (χ0v) is 21.8. The fourth-order valence-corrected chi connectivity index (χ4v) is 2.69. The van der Waals surface area contributed by atoms with Crippen LogP contribution in [-0.2, 0) is 18.4 Å². The van der Waals surface area contributed by atoms with Crippen molar-refractivity contribution in [3.63, 3.8) is 0 Å². The van der Waals surface area contributed by atoms with E-state index in [0.29, 0.717) is 31.5 Å². The Morgan fingerprint density at radius 1 is 1.06 bits per heavy atom. The zero-order valence-electron chi connectivity index (χ0n) is 19.4. The number of hydrogen-bond acceptors (Lipinski definition) is 6. The molecule has 31 heavy (non-hydrogen) atoms. The summed E-state index contributed by atoms with van der Waals surface area (Å²) in [7, 11) is 0. The molecule has 0 aliphatic carbocycles. The smallest absolute Gasteiger partial charge is 0.232 e. The Kier molecular flexibility index (Phi) is 11.7. The predicted molar refractivity (Wildman–Crippen MR) is 134 cm³/mol. The number of hydrogen-bond donors (Lipinski definition) is 2. The molecule has 8 nitrogen and oxygen atoms in total. The van der Waals surface area contributed by atoms with Gasteiger partial charge >= 0.3 is 0 Å². The molecule has 2 rings (SSSR count). The molecule has 0 aliphatic rings. The Labute approximate surface area is 202 Å². The summed E-state index contributed by atoms with van der Waals surface area (Å²) in [6.07, 6.45) is 0.827. The number of benzene rings is 1. The van der Waals surface area contributed by atoms with Crippen LogP contribution in [0.15, 0.2) is 27.7 Å². The maximum atomic E-state index is 5.71. The Hall–Kier alpha value is -2.04. The first kappa shape index (κ1) is 27.0. The molecule has 0 amide bonds. The van der Waals surface area contributed by atoms with Gasteiger partial charge in [0.2, 0.25) is 5.89 Å². The molecule has 174 valence electrons. The van der Waals surface area contributed by atoms with E-state index in [4.69, 9.17) is 14.0 Å². The average Bonchev–Trinajstić information content (AvgIpc) is 3.18. The largest absolute Gasteiger partial charge is 0.490 e. The van der Waals surface area contributed by atoms with Gasteiger partial charge in [-0.2, -0.15) is 4.98 Å². The van der Waals surface area contributed by atoms with Gasteiger partial charge in [0.05, 0.1) is 13.2 Å². The van der Waals surface area contributed by atoms with Gasteiger partial charge in [0.1, 0.15) is 6.54 Å². The summed E-state index contributed by atoms with van der Waals surface area (Å²) in [4.78, 5) is 8.99. The predicted octanol–water partition coefficient (Wildman–Crippen LogP) is 4.08. The second-order valence-corrected chi connectivity index (χ2v) is 7.78. The monoisotopic (exact) mass is 545 g/mol. The van der Waals surface area contributed by atoms with Gasteiger partial charge in [0.15, 0.2) is 23.3 Å². The lowest BCUT2D eigenvalue weighted by Gasteiger charge is -2.14. The average molecular weight is 545 g/mol. The van der Waals surface area contributed by atoms with E-state index < -0.39 is 0 Å². The number of aliphatic imine (C=N–C) groups is 1. The van der Waals surface area contributed by atoms with Crippen LogP contribution in [0.5, 0.6) is 11.5 Å². The first-order valence-corrected chi connectivity index (χ1v) is 10.6. The van der Waals surface area contributed by atoms with Crippen LogP contribution in [0.2, 0.25) is 0 Å². The summed E-state index contributed by atoms with van der Waals surface area (Å²) in [5, 5.41) is 10.6. The van der Waals surface area contributed by atoms with Crippen molar-refractivity contribution in [2.45, 2.75) is 59.9 Å². The molecule has 2 aromatic rings. The van der Waals surface area contributed by atoms with Crippen molar-refractivity contribution in [2.75, 3.05) is 26.3 Å². The number of ether oxygens (including phenoxy) is 2. The normalized spacial score (nSPS) is 11.6. The lowest BCUT2D eigenvalue weighted by Crippen LogP contribution is -2.38. The maximum absolute atomic E-state index is 5.71. The Balaban J connectivity index is 0.00000480. The van der Waals surface area contributed by atoms with Gasteiger partial charge in [-0.1, -0.05) is 32.0 Å². The highest BCUT2D eigenvalue weighted by Crippen LogP contribution is 2.28. The van der Waals surface area contributed by atoms with Crippen LogP contribution < -0.4 is 20.1 Å². The molecule has 2 N–H and O–H groups in total. The molecule has 0 radical (unpaired) electrons. The van der Waals surface area contributed by atoms with Crippen LogP contribution in [0.3, 0.4) is 0 Å². The summed E-state index contributed by atoms with van der Waals surface area (Å²) in [5.41, 5.74) is 0.994. The van der Waals surface area contributed by atoms with Crippen LogP contribution in [-0.4, -0.2) is 42.4 Å². The van der Waals surface area contributed by atoms with E-state index in [1.807, 2.05) is 53.7 Å². The second-order valence-electron chi connectivity index (χ2n) is 7.78. The van der Waals surface area contributed by atoms with Gasteiger partial charge in [-0.3, -0.25) is 0 Å². The van der Waals surface area contributed by atoms with Gasteiger partial charge in [-0.15, -0.1) is 24.0 Å². The molecular weight excluding hydrogens is 509 g/mol. The van der Waals surface area contributed by atoms with E-state index >= 15 is 0 Å². The lowest BCUT2D eigenvalue weighted by atomic mass is 9.97. The molecule has 1 aromatic carbocycles. The summed E-state index contributed by atoms with van der Waals surface area (Å²) in [6.45, 7) is 15.1. The fraction of sp³-hybridized carbons (Fsp3) is 0.591. The number of nitrogens with one attached hydrogen (secondary N) is 2. The molecule has 0 bridgehead atoms. The molecule has 9 heteroatoms. The minimum atomic E-state index is -0.171. The van der Waals surface area contributed by atoms with Crippen molar-refractivity contribution in [3.05, 3.63) is 35.5 Å². The number of halogens is 1. The highest BCUT2D eigenvalue weighted by atomic mass is 127. The van der Waals surface area contributed by atoms with Crippen LogP contribution in [0.4, 0.5) is 0 Å². The maximum Gasteiger partial charge on any atom is 0.232 e.